The molecule has 0 aliphatic rings. The molecule has 1 aromatic heterocycles. The number of rotatable bonds is 5. The minimum absolute atomic E-state index is 0.268. The van der Waals surface area contributed by atoms with Crippen molar-refractivity contribution in [2.75, 3.05) is 26.0 Å². The molecule has 0 fully saturated rings. The quantitative estimate of drug-likeness (QED) is 0.724. The maximum absolute atomic E-state index is 6.13. The van der Waals surface area contributed by atoms with Crippen molar-refractivity contribution in [1.82, 2.24) is 10.3 Å². The van der Waals surface area contributed by atoms with Crippen LogP contribution in [-0.2, 0) is 0 Å². The Balaban J connectivity index is 1.98. The van der Waals surface area contributed by atoms with Crippen LogP contribution in [0, 0.1) is 6.92 Å². The zero-order chi connectivity index (χ0) is 16.8. The largest absolute Gasteiger partial charge is 0.356 e. The number of nitrogens with one attached hydrogen (secondary N) is 3. The average molecular weight is 350 g/mol. The lowest BCUT2D eigenvalue weighted by Gasteiger charge is -2.23. The van der Waals surface area contributed by atoms with Crippen molar-refractivity contribution in [3.8, 4) is 0 Å². The van der Waals surface area contributed by atoms with Gasteiger partial charge < -0.3 is 15.5 Å². The van der Waals surface area contributed by atoms with Crippen LogP contribution < -0.4 is 15.5 Å². The SMILES string of the molecule is Cc1c(Cl)cccc1NC(=S)NCC(c1cccnc1)[NH+](C)C. The van der Waals surface area contributed by atoms with Crippen LogP contribution in [0.15, 0.2) is 42.7 Å². The third kappa shape index (κ3) is 4.89. The van der Waals surface area contributed by atoms with Crippen LogP contribution in [0.25, 0.3) is 0 Å². The van der Waals surface area contributed by atoms with Gasteiger partial charge in [-0.2, -0.15) is 0 Å². The van der Waals surface area contributed by atoms with Gasteiger partial charge in [0.15, 0.2) is 5.11 Å². The number of anilines is 1. The van der Waals surface area contributed by atoms with E-state index < -0.39 is 0 Å². The molecule has 0 spiro atoms. The Hall–Kier alpha value is -1.69. The van der Waals surface area contributed by atoms with E-state index in [1.165, 1.54) is 10.5 Å². The van der Waals surface area contributed by atoms with Crippen LogP contribution in [0.4, 0.5) is 5.69 Å². The fourth-order valence-corrected chi connectivity index (χ4v) is 2.71. The topological polar surface area (TPSA) is 41.4 Å². The number of benzene rings is 1. The van der Waals surface area contributed by atoms with Crippen LogP contribution >= 0.6 is 23.8 Å². The summed E-state index contributed by atoms with van der Waals surface area (Å²) < 4.78 is 0. The second-order valence-corrected chi connectivity index (χ2v) is 6.48. The van der Waals surface area contributed by atoms with Gasteiger partial charge in [-0.15, -0.1) is 0 Å². The molecule has 1 atom stereocenters. The molecule has 0 aliphatic carbocycles. The van der Waals surface area contributed by atoms with E-state index in [2.05, 4.69) is 35.8 Å². The molecular weight excluding hydrogens is 328 g/mol. The maximum Gasteiger partial charge on any atom is 0.171 e. The first-order valence-electron chi connectivity index (χ1n) is 7.49. The monoisotopic (exact) mass is 349 g/mol. The predicted octanol–water partition coefficient (Wildman–Crippen LogP) is 2.22. The molecule has 2 aromatic rings. The second kappa shape index (κ2) is 8.24. The molecule has 0 saturated heterocycles. The highest BCUT2D eigenvalue weighted by Gasteiger charge is 2.18. The molecule has 1 heterocycles. The van der Waals surface area contributed by atoms with Gasteiger partial charge in [-0.05, 0) is 49.0 Å². The van der Waals surface area contributed by atoms with E-state index in [1.807, 2.05) is 37.4 Å². The number of thiocarbonyl (C=S) groups is 1. The molecule has 23 heavy (non-hydrogen) atoms. The van der Waals surface area contributed by atoms with E-state index in [0.717, 1.165) is 22.8 Å². The van der Waals surface area contributed by atoms with E-state index in [0.29, 0.717) is 5.11 Å². The van der Waals surface area contributed by atoms with Gasteiger partial charge in [-0.25, -0.2) is 0 Å². The Kier molecular flexibility index (Phi) is 6.33. The van der Waals surface area contributed by atoms with Gasteiger partial charge in [-0.3, -0.25) is 4.98 Å². The Bertz CT molecular complexity index is 661. The Morgan fingerprint density at radius 3 is 2.74 bits per heavy atom. The lowest BCUT2D eigenvalue weighted by atomic mass is 10.1. The zero-order valence-corrected chi connectivity index (χ0v) is 15.1. The summed E-state index contributed by atoms with van der Waals surface area (Å²) in [5, 5.41) is 7.81. The average Bonchev–Trinajstić information content (AvgIpc) is 2.53. The number of nitrogens with zero attached hydrogens (tertiary/aromatic N) is 1. The van der Waals surface area contributed by atoms with Crippen molar-refractivity contribution in [1.29, 1.82) is 0 Å². The molecule has 122 valence electrons. The number of hydrogen-bond acceptors (Lipinski definition) is 2. The fourth-order valence-electron chi connectivity index (χ4n) is 2.34. The van der Waals surface area contributed by atoms with Crippen LogP contribution in [0.2, 0.25) is 5.02 Å². The normalized spacial score (nSPS) is 12.0. The zero-order valence-electron chi connectivity index (χ0n) is 13.6. The van der Waals surface area contributed by atoms with Gasteiger partial charge in [-0.1, -0.05) is 17.7 Å². The smallest absolute Gasteiger partial charge is 0.171 e. The maximum atomic E-state index is 6.13. The van der Waals surface area contributed by atoms with Crippen molar-refractivity contribution < 1.29 is 4.90 Å². The summed E-state index contributed by atoms with van der Waals surface area (Å²) >= 11 is 11.5. The first-order chi connectivity index (χ1) is 11.0. The van der Waals surface area contributed by atoms with Crippen molar-refractivity contribution in [3.05, 3.63) is 58.9 Å². The summed E-state index contributed by atoms with van der Waals surface area (Å²) in [5.74, 6) is 0. The number of pyridine rings is 1. The Morgan fingerprint density at radius 2 is 2.09 bits per heavy atom. The molecule has 1 unspecified atom stereocenters. The molecule has 1 aromatic carbocycles. The van der Waals surface area contributed by atoms with Gasteiger partial charge in [0.25, 0.3) is 0 Å². The Morgan fingerprint density at radius 1 is 1.30 bits per heavy atom. The molecule has 0 saturated carbocycles. The van der Waals surface area contributed by atoms with Gasteiger partial charge in [0.2, 0.25) is 0 Å². The van der Waals surface area contributed by atoms with Crippen molar-refractivity contribution in [3.63, 3.8) is 0 Å². The molecular formula is C17H22ClN4S+. The van der Waals surface area contributed by atoms with Gasteiger partial charge in [0.1, 0.15) is 6.04 Å². The highest BCUT2D eigenvalue weighted by Crippen LogP contribution is 2.22. The highest BCUT2D eigenvalue weighted by atomic mass is 35.5. The number of quaternary nitrogens is 1. The molecule has 0 aliphatic heterocycles. The van der Waals surface area contributed by atoms with Crippen molar-refractivity contribution in [2.45, 2.75) is 13.0 Å². The minimum atomic E-state index is 0.268. The molecule has 0 amide bonds. The van der Waals surface area contributed by atoms with Gasteiger partial charge >= 0.3 is 0 Å². The predicted molar refractivity (Wildman–Crippen MR) is 100 cm³/mol. The van der Waals surface area contributed by atoms with E-state index in [1.54, 1.807) is 6.20 Å². The number of likely N-dealkylation sites (N-methyl/N-ethyl adjacent to an activating group) is 1. The third-order valence-corrected chi connectivity index (χ3v) is 4.42. The molecule has 4 nitrogen and oxygen atoms in total. The highest BCUT2D eigenvalue weighted by molar-refractivity contribution is 7.80. The first-order valence-corrected chi connectivity index (χ1v) is 8.27. The summed E-state index contributed by atoms with van der Waals surface area (Å²) in [7, 11) is 4.24. The van der Waals surface area contributed by atoms with E-state index in [9.17, 15) is 0 Å². The van der Waals surface area contributed by atoms with Crippen molar-refractivity contribution in [2.24, 2.45) is 0 Å². The van der Waals surface area contributed by atoms with E-state index >= 15 is 0 Å². The molecule has 2 rings (SSSR count). The molecule has 6 heteroatoms. The first kappa shape index (κ1) is 17.7. The lowest BCUT2D eigenvalue weighted by molar-refractivity contribution is -0.890. The fraction of sp³-hybridized carbons (Fsp3) is 0.294. The van der Waals surface area contributed by atoms with Crippen LogP contribution in [-0.4, -0.2) is 30.7 Å². The second-order valence-electron chi connectivity index (χ2n) is 5.66. The molecule has 3 N–H and O–H groups in total. The summed E-state index contributed by atoms with van der Waals surface area (Å²) in [6.45, 7) is 2.69. The summed E-state index contributed by atoms with van der Waals surface area (Å²) in [6, 6.07) is 10.0. The molecule has 0 bridgehead atoms. The third-order valence-electron chi connectivity index (χ3n) is 3.77. The number of hydrogen-bond donors (Lipinski definition) is 3. The van der Waals surface area contributed by atoms with Gasteiger partial charge in [0.05, 0.1) is 20.6 Å². The lowest BCUT2D eigenvalue weighted by Crippen LogP contribution is -3.07. The number of aromatic nitrogens is 1. The van der Waals surface area contributed by atoms with Crippen LogP contribution in [0.5, 0.6) is 0 Å². The van der Waals surface area contributed by atoms with Crippen LogP contribution in [0.1, 0.15) is 17.2 Å². The summed E-state index contributed by atoms with van der Waals surface area (Å²) in [6.07, 6.45) is 3.68. The van der Waals surface area contributed by atoms with Crippen LogP contribution in [0.3, 0.4) is 0 Å². The van der Waals surface area contributed by atoms with E-state index in [4.69, 9.17) is 23.8 Å². The summed E-state index contributed by atoms with van der Waals surface area (Å²) in [5.41, 5.74) is 3.09. The summed E-state index contributed by atoms with van der Waals surface area (Å²) in [4.78, 5) is 5.51. The molecule has 0 radical (unpaired) electrons. The number of halogens is 1. The van der Waals surface area contributed by atoms with Gasteiger partial charge in [0, 0.05) is 28.7 Å². The Labute approximate surface area is 147 Å². The minimum Gasteiger partial charge on any atom is -0.356 e. The standard InChI is InChI=1S/C17H21ClN4S/c1-12-14(18)7-4-8-15(12)21-17(23)20-11-16(22(2)3)13-6-5-9-19-10-13/h4-10,16H,11H2,1-3H3,(H2,20,21,23)/p+1. The van der Waals surface area contributed by atoms with Crippen molar-refractivity contribution >= 4 is 34.6 Å². The van der Waals surface area contributed by atoms with E-state index in [-0.39, 0.29) is 6.04 Å².